The van der Waals surface area contributed by atoms with Crippen molar-refractivity contribution in [1.82, 2.24) is 10.2 Å². The molecule has 33 heavy (non-hydrogen) atoms. The highest BCUT2D eigenvalue weighted by Gasteiger charge is 2.33. The van der Waals surface area contributed by atoms with Crippen LogP contribution in [0.1, 0.15) is 60.8 Å². The third-order valence-corrected chi connectivity index (χ3v) is 7.05. The summed E-state index contributed by atoms with van der Waals surface area (Å²) in [6, 6.07) is 16.0. The van der Waals surface area contributed by atoms with Gasteiger partial charge < -0.3 is 10.1 Å². The van der Waals surface area contributed by atoms with Gasteiger partial charge in [-0.15, -0.1) is 0 Å². The fraction of sp³-hybridized carbons (Fsp3) is 0.429. The summed E-state index contributed by atoms with van der Waals surface area (Å²) in [7, 11) is 1.65. The van der Waals surface area contributed by atoms with Crippen molar-refractivity contribution in [3.05, 3.63) is 70.8 Å². The Morgan fingerprint density at radius 2 is 2.03 bits per heavy atom. The van der Waals surface area contributed by atoms with Gasteiger partial charge in [0.15, 0.2) is 0 Å². The van der Waals surface area contributed by atoms with E-state index in [1.165, 1.54) is 30.4 Å². The second-order valence-corrected chi connectivity index (χ2v) is 9.31. The van der Waals surface area contributed by atoms with E-state index in [0.717, 1.165) is 62.2 Å². The molecule has 1 fully saturated rings. The fourth-order valence-electron chi connectivity index (χ4n) is 5.13. The topological polar surface area (TPSA) is 65.4 Å². The van der Waals surface area contributed by atoms with Crippen molar-refractivity contribution in [2.75, 3.05) is 20.2 Å². The molecule has 1 heterocycles. The van der Waals surface area contributed by atoms with Crippen LogP contribution >= 0.6 is 0 Å². The zero-order valence-electron chi connectivity index (χ0n) is 19.5. The van der Waals surface area contributed by atoms with Gasteiger partial charge in [-0.1, -0.05) is 37.5 Å². The van der Waals surface area contributed by atoms with Gasteiger partial charge in [-0.05, 0) is 72.7 Å². The van der Waals surface area contributed by atoms with Crippen LogP contribution in [0.4, 0.5) is 0 Å². The maximum absolute atomic E-state index is 12.9. The maximum atomic E-state index is 12.9. The molecule has 2 aromatic rings. The van der Waals surface area contributed by atoms with E-state index >= 15 is 0 Å². The number of hydrogen-bond donors (Lipinski definition) is 1. The predicted molar refractivity (Wildman–Crippen MR) is 131 cm³/mol. The number of nitrogens with zero attached hydrogens (tertiary/aromatic N) is 2. The Kier molecular flexibility index (Phi) is 7.47. The van der Waals surface area contributed by atoms with Crippen molar-refractivity contribution in [3.63, 3.8) is 0 Å². The van der Waals surface area contributed by atoms with Crippen molar-refractivity contribution in [2.45, 2.75) is 57.0 Å². The number of nitrogens with one attached hydrogen (secondary N) is 1. The molecule has 0 bridgehead atoms. The van der Waals surface area contributed by atoms with E-state index in [0.29, 0.717) is 0 Å². The van der Waals surface area contributed by atoms with E-state index < -0.39 is 0 Å². The largest absolute Gasteiger partial charge is 0.497 e. The lowest BCUT2D eigenvalue weighted by molar-refractivity contribution is -0.118. The van der Waals surface area contributed by atoms with Crippen molar-refractivity contribution >= 4 is 12.0 Å². The molecule has 0 atom stereocenters. The lowest BCUT2D eigenvalue weighted by atomic mass is 9.79. The van der Waals surface area contributed by atoms with Crippen LogP contribution in [0.3, 0.4) is 0 Å². The van der Waals surface area contributed by atoms with Gasteiger partial charge in [0.1, 0.15) is 5.75 Å². The highest BCUT2D eigenvalue weighted by atomic mass is 16.5. The lowest BCUT2D eigenvalue weighted by Gasteiger charge is -2.40. The monoisotopic (exact) mass is 443 g/mol. The molecule has 1 saturated carbocycles. The molecule has 5 nitrogen and oxygen atoms in total. The molecule has 1 aliphatic carbocycles. The molecule has 4 rings (SSSR count). The molecule has 1 amide bonds. The van der Waals surface area contributed by atoms with Crippen molar-refractivity contribution in [3.8, 4) is 11.8 Å². The first-order valence-corrected chi connectivity index (χ1v) is 12.0. The second-order valence-electron chi connectivity index (χ2n) is 9.31. The number of rotatable bonds is 7. The van der Waals surface area contributed by atoms with Gasteiger partial charge in [0.05, 0.1) is 18.7 Å². The van der Waals surface area contributed by atoms with Crippen LogP contribution in [0.5, 0.6) is 5.75 Å². The lowest BCUT2D eigenvalue weighted by Crippen LogP contribution is -2.51. The Balaban J connectivity index is 1.37. The van der Waals surface area contributed by atoms with Gasteiger partial charge in [-0.3, -0.25) is 9.69 Å². The zero-order valence-corrected chi connectivity index (χ0v) is 19.5. The highest BCUT2D eigenvalue weighted by Crippen LogP contribution is 2.32. The molecule has 2 aromatic carbocycles. The molecule has 2 aliphatic rings. The Morgan fingerprint density at radius 3 is 2.82 bits per heavy atom. The van der Waals surface area contributed by atoms with Gasteiger partial charge in [0.2, 0.25) is 5.91 Å². The summed E-state index contributed by atoms with van der Waals surface area (Å²) in [5, 5.41) is 12.5. The van der Waals surface area contributed by atoms with E-state index in [9.17, 15) is 4.79 Å². The molecule has 5 heteroatoms. The molecule has 1 N–H and O–H groups in total. The SMILES string of the molecule is COc1cccc(C=CC(=O)NC2(CCN3CCc4cc(C#N)ccc4C3)CCCCC2)c1. The summed E-state index contributed by atoms with van der Waals surface area (Å²) in [4.78, 5) is 15.3. The molecule has 0 unspecified atom stereocenters. The van der Waals surface area contributed by atoms with Crippen LogP contribution in [0.2, 0.25) is 0 Å². The normalized spacial score (nSPS) is 17.8. The number of fused-ring (bicyclic) bond motifs is 1. The van der Waals surface area contributed by atoms with Crippen LogP contribution in [-0.2, 0) is 17.8 Å². The third-order valence-electron chi connectivity index (χ3n) is 7.05. The Labute approximate surface area is 197 Å². The summed E-state index contributed by atoms with van der Waals surface area (Å²) in [5.41, 5.74) is 4.19. The summed E-state index contributed by atoms with van der Waals surface area (Å²) in [6.07, 6.45) is 11.1. The third kappa shape index (κ3) is 6.03. The Hall–Kier alpha value is -3.10. The van der Waals surface area contributed by atoms with Gasteiger partial charge in [0, 0.05) is 31.2 Å². The molecule has 0 spiro atoms. The number of carbonyl (C=O) groups excluding carboxylic acids is 1. The highest BCUT2D eigenvalue weighted by molar-refractivity contribution is 5.92. The maximum Gasteiger partial charge on any atom is 0.244 e. The molecular weight excluding hydrogens is 410 g/mol. The number of methoxy groups -OCH3 is 1. The number of ether oxygens (including phenoxy) is 1. The minimum Gasteiger partial charge on any atom is -0.497 e. The first kappa shape index (κ1) is 23.1. The number of benzene rings is 2. The van der Waals surface area contributed by atoms with E-state index in [4.69, 9.17) is 10.00 Å². The molecule has 0 radical (unpaired) electrons. The van der Waals surface area contributed by atoms with Crippen LogP contribution in [0, 0.1) is 11.3 Å². The van der Waals surface area contributed by atoms with E-state index in [-0.39, 0.29) is 11.4 Å². The van der Waals surface area contributed by atoms with Crippen LogP contribution < -0.4 is 10.1 Å². The first-order chi connectivity index (χ1) is 16.1. The minimum atomic E-state index is -0.126. The van der Waals surface area contributed by atoms with Crippen LogP contribution in [0.15, 0.2) is 48.5 Å². The molecule has 1 aliphatic heterocycles. The summed E-state index contributed by atoms with van der Waals surface area (Å²) < 4.78 is 5.27. The summed E-state index contributed by atoms with van der Waals surface area (Å²) in [6.45, 7) is 2.89. The second kappa shape index (κ2) is 10.7. The fourth-order valence-corrected chi connectivity index (χ4v) is 5.13. The van der Waals surface area contributed by atoms with Gasteiger partial charge >= 0.3 is 0 Å². The number of carbonyl (C=O) groups is 1. The minimum absolute atomic E-state index is 0.0206. The predicted octanol–water partition coefficient (Wildman–Crippen LogP) is 4.85. The molecule has 0 aromatic heterocycles. The van der Waals surface area contributed by atoms with Crippen LogP contribution in [-0.4, -0.2) is 36.5 Å². The van der Waals surface area contributed by atoms with Gasteiger partial charge in [-0.25, -0.2) is 0 Å². The van der Waals surface area contributed by atoms with Crippen LogP contribution in [0.25, 0.3) is 6.08 Å². The Morgan fingerprint density at radius 1 is 1.18 bits per heavy atom. The van der Waals surface area contributed by atoms with E-state index in [1.807, 2.05) is 42.5 Å². The summed E-state index contributed by atoms with van der Waals surface area (Å²) in [5.74, 6) is 0.765. The standard InChI is InChI=1S/C28H33N3O2/c1-33-26-7-5-6-22(19-26)9-11-27(32)30-28(13-3-2-4-14-28)15-17-31-16-12-24-18-23(20-29)8-10-25(24)21-31/h5-11,18-19H,2-4,12-17,21H2,1H3,(H,30,32). The zero-order chi connectivity index (χ0) is 23.1. The Bertz CT molecular complexity index is 1050. The van der Waals surface area contributed by atoms with Gasteiger partial charge in [0.25, 0.3) is 0 Å². The molecule has 172 valence electrons. The number of nitriles is 1. The smallest absolute Gasteiger partial charge is 0.244 e. The first-order valence-electron chi connectivity index (χ1n) is 12.0. The van der Waals surface area contributed by atoms with Crippen molar-refractivity contribution in [1.29, 1.82) is 5.26 Å². The van der Waals surface area contributed by atoms with Crippen molar-refractivity contribution in [2.24, 2.45) is 0 Å². The van der Waals surface area contributed by atoms with E-state index in [1.54, 1.807) is 13.2 Å². The number of hydrogen-bond acceptors (Lipinski definition) is 4. The summed E-state index contributed by atoms with van der Waals surface area (Å²) >= 11 is 0. The molecule has 0 saturated heterocycles. The average Bonchev–Trinajstić information content (AvgIpc) is 2.86. The quantitative estimate of drug-likeness (QED) is 0.622. The van der Waals surface area contributed by atoms with Crippen molar-refractivity contribution < 1.29 is 9.53 Å². The van der Waals surface area contributed by atoms with Gasteiger partial charge in [-0.2, -0.15) is 5.26 Å². The number of amides is 1. The average molecular weight is 444 g/mol. The molecular formula is C28H33N3O2. The van der Waals surface area contributed by atoms with E-state index in [2.05, 4.69) is 22.4 Å².